The van der Waals surface area contributed by atoms with Gasteiger partial charge in [-0.25, -0.2) is 9.50 Å². The van der Waals surface area contributed by atoms with Gasteiger partial charge in [0.1, 0.15) is 5.75 Å². The zero-order valence-corrected chi connectivity index (χ0v) is 20.1. The van der Waals surface area contributed by atoms with Gasteiger partial charge in [-0.3, -0.25) is 9.78 Å². The Kier molecular flexibility index (Phi) is 4.69. The van der Waals surface area contributed by atoms with Gasteiger partial charge in [-0.15, -0.1) is 0 Å². The number of nitrogens with two attached hydrogens (primary N) is 1. The summed E-state index contributed by atoms with van der Waals surface area (Å²) in [4.78, 5) is 24.3. The predicted molar refractivity (Wildman–Crippen MR) is 130 cm³/mol. The van der Waals surface area contributed by atoms with Crippen molar-refractivity contribution in [2.45, 2.75) is 49.8 Å². The van der Waals surface area contributed by atoms with Crippen LogP contribution in [-0.2, 0) is 5.54 Å². The minimum atomic E-state index is -3.01. The van der Waals surface area contributed by atoms with Crippen LogP contribution in [0.25, 0.3) is 16.9 Å². The maximum Gasteiger partial charge on any atom is 0.387 e. The number of carbonyl (C=O) groups is 1. The van der Waals surface area contributed by atoms with Crippen molar-refractivity contribution in [1.29, 1.82) is 0 Å². The van der Waals surface area contributed by atoms with E-state index in [-0.39, 0.29) is 29.2 Å². The van der Waals surface area contributed by atoms with Crippen LogP contribution in [0.3, 0.4) is 0 Å². The Labute approximate surface area is 211 Å². The van der Waals surface area contributed by atoms with Crippen molar-refractivity contribution in [2.24, 2.45) is 5.73 Å². The van der Waals surface area contributed by atoms with Gasteiger partial charge in [-0.05, 0) is 62.1 Å². The quantitative estimate of drug-likeness (QED) is 0.444. The fourth-order valence-corrected chi connectivity index (χ4v) is 6.01. The van der Waals surface area contributed by atoms with E-state index in [1.807, 2.05) is 24.3 Å². The molecule has 0 radical (unpaired) electrons. The lowest BCUT2D eigenvalue weighted by Crippen LogP contribution is -2.43. The van der Waals surface area contributed by atoms with E-state index < -0.39 is 6.61 Å². The average Bonchev–Trinajstić information content (AvgIpc) is 3.40. The Hall–Kier alpha value is -3.92. The summed E-state index contributed by atoms with van der Waals surface area (Å²) in [6.45, 7) is -3.01. The molecule has 7 rings (SSSR count). The van der Waals surface area contributed by atoms with Crippen molar-refractivity contribution in [2.75, 3.05) is 7.05 Å². The molecule has 4 heterocycles. The maximum absolute atomic E-state index is 13.3. The lowest BCUT2D eigenvalue weighted by atomic mass is 9.75. The molecule has 2 N–H and O–H groups in total. The molecular weight excluding hydrogens is 478 g/mol. The number of fused-ring (bicyclic) bond motifs is 9. The largest absolute Gasteiger partial charge is 0.434 e. The molecule has 3 aliphatic rings. The van der Waals surface area contributed by atoms with Crippen molar-refractivity contribution >= 4 is 11.6 Å². The molecule has 2 aliphatic carbocycles. The number of carbonyl (C=O) groups excluding carboxylic acids is 1. The fourth-order valence-electron chi connectivity index (χ4n) is 6.01. The summed E-state index contributed by atoms with van der Waals surface area (Å²) in [6.07, 6.45) is 5.28. The van der Waals surface area contributed by atoms with Gasteiger partial charge in [-0.1, -0.05) is 6.07 Å². The van der Waals surface area contributed by atoms with Gasteiger partial charge < -0.3 is 15.4 Å². The number of ether oxygens (including phenoxy) is 1. The zero-order valence-electron chi connectivity index (χ0n) is 20.1. The van der Waals surface area contributed by atoms with Crippen molar-refractivity contribution < 1.29 is 18.3 Å². The Morgan fingerprint density at radius 3 is 2.70 bits per heavy atom. The summed E-state index contributed by atoms with van der Waals surface area (Å²) in [5, 5.41) is 4.89. The number of hydrogen-bond donors (Lipinski definition) is 1. The molecule has 0 spiro atoms. The summed E-state index contributed by atoms with van der Waals surface area (Å²) >= 11 is 0. The highest BCUT2D eigenvalue weighted by Gasteiger charge is 2.46. The van der Waals surface area contributed by atoms with Crippen LogP contribution in [0.4, 0.5) is 8.78 Å². The van der Waals surface area contributed by atoms with Gasteiger partial charge >= 0.3 is 6.61 Å². The Balaban J connectivity index is 1.37. The normalized spacial score (nSPS) is 21.5. The van der Waals surface area contributed by atoms with Crippen LogP contribution in [0.2, 0.25) is 0 Å². The van der Waals surface area contributed by atoms with Gasteiger partial charge in [0.05, 0.1) is 34.4 Å². The first kappa shape index (κ1) is 22.3. The maximum atomic E-state index is 13.3. The van der Waals surface area contributed by atoms with Crippen molar-refractivity contribution in [3.05, 3.63) is 76.9 Å². The van der Waals surface area contributed by atoms with Crippen molar-refractivity contribution in [1.82, 2.24) is 24.5 Å². The third-order valence-electron chi connectivity index (χ3n) is 8.11. The first-order chi connectivity index (χ1) is 17.8. The molecule has 10 heteroatoms. The van der Waals surface area contributed by atoms with Crippen molar-refractivity contribution in [3.8, 4) is 17.0 Å². The van der Waals surface area contributed by atoms with E-state index in [2.05, 4.69) is 4.98 Å². The molecule has 1 fully saturated rings. The molecular formula is C27H24F2N6O2. The average molecular weight is 503 g/mol. The molecule has 2 unspecified atom stereocenters. The smallest absolute Gasteiger partial charge is 0.387 e. The fraction of sp³-hybridized carbons (Fsp3) is 0.333. The number of pyridine rings is 1. The first-order valence-electron chi connectivity index (χ1n) is 12.3. The van der Waals surface area contributed by atoms with Gasteiger partial charge in [0.15, 0.2) is 5.65 Å². The lowest BCUT2D eigenvalue weighted by Gasteiger charge is -2.37. The molecule has 2 atom stereocenters. The summed E-state index contributed by atoms with van der Waals surface area (Å²) in [5.74, 6) is -0.618. The molecule has 1 aromatic carbocycles. The molecule has 37 heavy (non-hydrogen) atoms. The summed E-state index contributed by atoms with van der Waals surface area (Å²) in [7, 11) is 1.72. The third-order valence-corrected chi connectivity index (χ3v) is 8.11. The molecule has 1 saturated carbocycles. The second-order valence-electron chi connectivity index (χ2n) is 10.1. The third kappa shape index (κ3) is 3.21. The van der Waals surface area contributed by atoms with Gasteiger partial charge in [0.2, 0.25) is 0 Å². The summed E-state index contributed by atoms with van der Waals surface area (Å²) in [5.41, 5.74) is 11.5. The number of alkyl halides is 2. The molecule has 1 aliphatic heterocycles. The van der Waals surface area contributed by atoms with Crippen LogP contribution < -0.4 is 10.5 Å². The van der Waals surface area contributed by atoms with Crippen molar-refractivity contribution in [3.63, 3.8) is 0 Å². The molecule has 2 bridgehead atoms. The molecule has 3 aromatic heterocycles. The minimum Gasteiger partial charge on any atom is -0.434 e. The van der Waals surface area contributed by atoms with E-state index in [0.717, 1.165) is 41.9 Å². The number of halogens is 2. The minimum absolute atomic E-state index is 0.00496. The predicted octanol–water partition coefficient (Wildman–Crippen LogP) is 4.39. The number of aromatic nitrogens is 4. The SMILES string of the molecule is CN1C(=O)c2cccc(OC(F)F)c2C2CC1c1nc3ccc(-c4ccc(C5(N)CCC5)nc4)nn3c12. The van der Waals surface area contributed by atoms with E-state index in [1.165, 1.54) is 6.07 Å². The second-order valence-corrected chi connectivity index (χ2v) is 10.1. The topological polar surface area (TPSA) is 98.6 Å². The van der Waals surface area contributed by atoms with Crippen LogP contribution in [0.1, 0.15) is 70.6 Å². The molecule has 4 aromatic rings. The number of benzene rings is 1. The van der Waals surface area contributed by atoms with E-state index in [1.54, 1.807) is 34.8 Å². The highest BCUT2D eigenvalue weighted by molar-refractivity contribution is 5.98. The van der Waals surface area contributed by atoms with Crippen LogP contribution in [-0.4, -0.2) is 44.0 Å². The van der Waals surface area contributed by atoms with Gasteiger partial charge in [0.25, 0.3) is 5.91 Å². The van der Waals surface area contributed by atoms with Gasteiger partial charge in [0, 0.05) is 35.9 Å². The second kappa shape index (κ2) is 7.79. The Morgan fingerprint density at radius 2 is 2.00 bits per heavy atom. The number of amides is 1. The summed E-state index contributed by atoms with van der Waals surface area (Å²) in [6, 6.07) is 12.1. The summed E-state index contributed by atoms with van der Waals surface area (Å²) < 4.78 is 33.3. The molecule has 188 valence electrons. The Bertz CT molecular complexity index is 1560. The molecule has 1 amide bonds. The van der Waals surface area contributed by atoms with Crippen LogP contribution in [0, 0.1) is 0 Å². The molecule has 0 saturated heterocycles. The van der Waals surface area contributed by atoms with E-state index in [4.69, 9.17) is 20.6 Å². The molecule has 8 nitrogen and oxygen atoms in total. The number of rotatable bonds is 4. The van der Waals surface area contributed by atoms with Gasteiger partial charge in [-0.2, -0.15) is 13.9 Å². The number of imidazole rings is 1. The van der Waals surface area contributed by atoms with Crippen LogP contribution >= 0.6 is 0 Å². The van der Waals surface area contributed by atoms with E-state index >= 15 is 0 Å². The van der Waals surface area contributed by atoms with E-state index in [9.17, 15) is 13.6 Å². The van der Waals surface area contributed by atoms with Crippen LogP contribution in [0.15, 0.2) is 48.7 Å². The monoisotopic (exact) mass is 502 g/mol. The first-order valence-corrected chi connectivity index (χ1v) is 12.3. The highest BCUT2D eigenvalue weighted by atomic mass is 19.3. The van der Waals surface area contributed by atoms with Crippen LogP contribution in [0.5, 0.6) is 5.75 Å². The zero-order chi connectivity index (χ0) is 25.5. The lowest BCUT2D eigenvalue weighted by molar-refractivity contribution is -0.0506. The standard InChI is InChI=1S/C27H24F2N6O2/c1-34-18-12-16(22-15(25(34)36)4-2-5-19(22)37-26(28)29)24-23(18)32-21-9-7-17(33-35(21)24)14-6-8-20(31-13-14)27(30)10-3-11-27/h2,4-9,13,16,18,26H,3,10-12,30H2,1H3. The Morgan fingerprint density at radius 1 is 1.16 bits per heavy atom. The number of hydrogen-bond acceptors (Lipinski definition) is 6. The number of nitrogens with zero attached hydrogens (tertiary/aromatic N) is 5. The highest BCUT2D eigenvalue weighted by Crippen LogP contribution is 2.52. The van der Waals surface area contributed by atoms with E-state index in [0.29, 0.717) is 28.9 Å².